The number of carboxylic acid groups (broad SMARTS) is 1. The van der Waals surface area contributed by atoms with E-state index in [4.69, 9.17) is 10.8 Å². The Morgan fingerprint density at radius 1 is 1.31 bits per heavy atom. The van der Waals surface area contributed by atoms with E-state index in [0.717, 1.165) is 12.8 Å². The molecular formula is C11H22N2O3. The highest BCUT2D eigenvalue weighted by molar-refractivity contribution is 5.78. The maximum Gasteiger partial charge on any atom is 0.320 e. The fraction of sp³-hybridized carbons (Fsp3) is 0.818. The van der Waals surface area contributed by atoms with Gasteiger partial charge in [-0.15, -0.1) is 0 Å². The van der Waals surface area contributed by atoms with E-state index in [0.29, 0.717) is 6.54 Å². The lowest BCUT2D eigenvalue weighted by molar-refractivity contribution is -0.138. The number of aliphatic carboxylic acids is 1. The maximum atomic E-state index is 11.2. The van der Waals surface area contributed by atoms with Gasteiger partial charge in [0.15, 0.2) is 0 Å². The summed E-state index contributed by atoms with van der Waals surface area (Å²) >= 11 is 0. The number of hydrogen-bond donors (Lipinski definition) is 3. The van der Waals surface area contributed by atoms with E-state index in [1.54, 1.807) is 0 Å². The van der Waals surface area contributed by atoms with Crippen LogP contribution in [0.1, 0.15) is 45.4 Å². The molecule has 0 aliphatic heterocycles. The summed E-state index contributed by atoms with van der Waals surface area (Å²) in [6.07, 6.45) is 4.81. The molecular weight excluding hydrogens is 208 g/mol. The number of carboxylic acids is 1. The van der Waals surface area contributed by atoms with Crippen molar-refractivity contribution >= 4 is 11.9 Å². The summed E-state index contributed by atoms with van der Waals surface area (Å²) < 4.78 is 0. The van der Waals surface area contributed by atoms with Crippen molar-refractivity contribution in [1.29, 1.82) is 0 Å². The van der Waals surface area contributed by atoms with Gasteiger partial charge in [-0.25, -0.2) is 0 Å². The number of nitrogens with one attached hydrogen (secondary N) is 1. The molecule has 5 nitrogen and oxygen atoms in total. The third-order valence-corrected chi connectivity index (χ3v) is 2.35. The van der Waals surface area contributed by atoms with Gasteiger partial charge in [0.1, 0.15) is 6.04 Å². The number of carbonyl (C=O) groups is 2. The zero-order valence-corrected chi connectivity index (χ0v) is 9.87. The lowest BCUT2D eigenvalue weighted by Crippen LogP contribution is -2.32. The first kappa shape index (κ1) is 14.9. The molecule has 0 radical (unpaired) electrons. The highest BCUT2D eigenvalue weighted by Crippen LogP contribution is 1.98. The van der Waals surface area contributed by atoms with Gasteiger partial charge in [-0.3, -0.25) is 9.59 Å². The van der Waals surface area contributed by atoms with E-state index < -0.39 is 12.0 Å². The fourth-order valence-corrected chi connectivity index (χ4v) is 1.28. The van der Waals surface area contributed by atoms with E-state index in [2.05, 4.69) is 12.2 Å². The van der Waals surface area contributed by atoms with Crippen LogP contribution in [0, 0.1) is 0 Å². The molecule has 0 saturated carbocycles. The summed E-state index contributed by atoms with van der Waals surface area (Å²) in [6.45, 7) is 2.80. The molecule has 4 N–H and O–H groups in total. The normalized spacial score (nSPS) is 12.1. The number of carbonyl (C=O) groups excluding carboxylic acids is 1. The van der Waals surface area contributed by atoms with Gasteiger partial charge in [0.2, 0.25) is 5.91 Å². The molecule has 0 aromatic carbocycles. The van der Waals surface area contributed by atoms with Crippen molar-refractivity contribution in [2.45, 2.75) is 51.5 Å². The van der Waals surface area contributed by atoms with E-state index in [1.807, 2.05) is 0 Å². The van der Waals surface area contributed by atoms with Crippen molar-refractivity contribution < 1.29 is 14.7 Å². The zero-order chi connectivity index (χ0) is 12.4. The smallest absolute Gasteiger partial charge is 0.320 e. The average Bonchev–Trinajstić information content (AvgIpc) is 2.25. The Bertz CT molecular complexity index is 219. The monoisotopic (exact) mass is 230 g/mol. The van der Waals surface area contributed by atoms with Crippen LogP contribution >= 0.6 is 0 Å². The van der Waals surface area contributed by atoms with Gasteiger partial charge in [0.05, 0.1) is 0 Å². The second kappa shape index (κ2) is 9.15. The Morgan fingerprint density at radius 2 is 2.00 bits per heavy atom. The Labute approximate surface area is 96.4 Å². The molecule has 0 aliphatic rings. The minimum absolute atomic E-state index is 0.117. The van der Waals surface area contributed by atoms with E-state index >= 15 is 0 Å². The Morgan fingerprint density at radius 3 is 2.56 bits per heavy atom. The van der Waals surface area contributed by atoms with E-state index in [9.17, 15) is 9.59 Å². The summed E-state index contributed by atoms with van der Waals surface area (Å²) in [5.74, 6) is -1.18. The highest BCUT2D eigenvalue weighted by Gasteiger charge is 2.12. The molecule has 0 heterocycles. The minimum atomic E-state index is -1.06. The van der Waals surface area contributed by atoms with Crippen molar-refractivity contribution in [3.63, 3.8) is 0 Å². The molecule has 0 saturated heterocycles. The van der Waals surface area contributed by atoms with E-state index in [-0.39, 0.29) is 18.7 Å². The summed E-state index contributed by atoms with van der Waals surface area (Å²) in [6, 6.07) is -0.939. The Hall–Kier alpha value is -1.10. The second-order valence-electron chi connectivity index (χ2n) is 3.89. The van der Waals surface area contributed by atoms with E-state index in [1.165, 1.54) is 12.8 Å². The lowest BCUT2D eigenvalue weighted by Gasteiger charge is -2.07. The van der Waals surface area contributed by atoms with Crippen molar-refractivity contribution in [2.75, 3.05) is 6.54 Å². The van der Waals surface area contributed by atoms with Crippen LogP contribution in [-0.2, 0) is 9.59 Å². The summed E-state index contributed by atoms with van der Waals surface area (Å²) in [5.41, 5.74) is 5.28. The van der Waals surface area contributed by atoms with Crippen LogP contribution in [0.5, 0.6) is 0 Å². The summed E-state index contributed by atoms with van der Waals surface area (Å²) in [4.78, 5) is 21.6. The van der Waals surface area contributed by atoms with Crippen LogP contribution in [0.3, 0.4) is 0 Å². The minimum Gasteiger partial charge on any atom is -0.480 e. The number of amides is 1. The van der Waals surface area contributed by atoms with Gasteiger partial charge < -0.3 is 16.2 Å². The number of hydrogen-bond acceptors (Lipinski definition) is 3. The standard InChI is InChI=1S/C11H22N2O3/c1-2-3-4-5-8-13-10(14)7-6-9(12)11(15)16/h9H,2-8,12H2,1H3,(H,13,14)(H,15,16)/t9-/m0/s1. The third-order valence-electron chi connectivity index (χ3n) is 2.35. The molecule has 5 heteroatoms. The first-order valence-electron chi connectivity index (χ1n) is 5.83. The van der Waals surface area contributed by atoms with Gasteiger partial charge in [-0.2, -0.15) is 0 Å². The van der Waals surface area contributed by atoms with Crippen LogP contribution in [0.25, 0.3) is 0 Å². The molecule has 0 fully saturated rings. The molecule has 0 aromatic heterocycles. The predicted octanol–water partition coefficient (Wildman–Crippen LogP) is 0.875. The lowest BCUT2D eigenvalue weighted by atomic mass is 10.1. The van der Waals surface area contributed by atoms with Gasteiger partial charge in [0, 0.05) is 13.0 Å². The summed E-state index contributed by atoms with van der Waals surface area (Å²) in [5, 5.41) is 11.3. The molecule has 0 bridgehead atoms. The molecule has 0 spiro atoms. The molecule has 16 heavy (non-hydrogen) atoms. The first-order valence-corrected chi connectivity index (χ1v) is 5.83. The molecule has 0 rings (SSSR count). The molecule has 1 atom stereocenters. The van der Waals surface area contributed by atoms with Crippen molar-refractivity contribution in [2.24, 2.45) is 5.73 Å². The zero-order valence-electron chi connectivity index (χ0n) is 9.87. The predicted molar refractivity (Wildman–Crippen MR) is 62.0 cm³/mol. The quantitative estimate of drug-likeness (QED) is 0.512. The largest absolute Gasteiger partial charge is 0.480 e. The Kier molecular flexibility index (Phi) is 8.52. The average molecular weight is 230 g/mol. The molecule has 0 aliphatic carbocycles. The van der Waals surface area contributed by atoms with Crippen LogP contribution in [0.15, 0.2) is 0 Å². The second-order valence-corrected chi connectivity index (χ2v) is 3.89. The number of unbranched alkanes of at least 4 members (excludes halogenated alkanes) is 3. The maximum absolute atomic E-state index is 11.2. The van der Waals surface area contributed by atoms with Crippen LogP contribution in [-0.4, -0.2) is 29.6 Å². The van der Waals surface area contributed by atoms with Crippen molar-refractivity contribution in [1.82, 2.24) is 5.32 Å². The first-order chi connectivity index (χ1) is 7.57. The van der Waals surface area contributed by atoms with Gasteiger partial charge in [0.25, 0.3) is 0 Å². The van der Waals surface area contributed by atoms with Crippen LogP contribution < -0.4 is 11.1 Å². The molecule has 0 unspecified atom stereocenters. The van der Waals surface area contributed by atoms with Crippen molar-refractivity contribution in [3.8, 4) is 0 Å². The van der Waals surface area contributed by atoms with Gasteiger partial charge in [-0.05, 0) is 12.8 Å². The fourth-order valence-electron chi connectivity index (χ4n) is 1.28. The SMILES string of the molecule is CCCCCCNC(=O)CC[C@H](N)C(=O)O. The molecule has 1 amide bonds. The number of nitrogens with two attached hydrogens (primary N) is 1. The number of rotatable bonds is 9. The molecule has 94 valence electrons. The molecule has 0 aromatic rings. The van der Waals surface area contributed by atoms with Gasteiger partial charge in [-0.1, -0.05) is 26.2 Å². The highest BCUT2D eigenvalue weighted by atomic mass is 16.4. The van der Waals surface area contributed by atoms with Crippen LogP contribution in [0.4, 0.5) is 0 Å². The Balaban J connectivity index is 3.41. The van der Waals surface area contributed by atoms with Crippen LogP contribution in [0.2, 0.25) is 0 Å². The van der Waals surface area contributed by atoms with Crippen molar-refractivity contribution in [3.05, 3.63) is 0 Å². The summed E-state index contributed by atoms with van der Waals surface area (Å²) in [7, 11) is 0. The van der Waals surface area contributed by atoms with Gasteiger partial charge >= 0.3 is 5.97 Å². The third kappa shape index (κ3) is 8.23. The topological polar surface area (TPSA) is 92.4 Å².